The first-order valence-corrected chi connectivity index (χ1v) is 10.4. The summed E-state index contributed by atoms with van der Waals surface area (Å²) < 4.78 is 31.8. The van der Waals surface area contributed by atoms with Gasteiger partial charge >= 0.3 is 0 Å². The number of benzene rings is 1. The Hall–Kier alpha value is -1.44. The van der Waals surface area contributed by atoms with Gasteiger partial charge in [0.2, 0.25) is 10.0 Å². The van der Waals surface area contributed by atoms with E-state index in [0.717, 1.165) is 19.3 Å². The predicted molar refractivity (Wildman–Crippen MR) is 94.9 cm³/mol. The first-order valence-electron chi connectivity index (χ1n) is 8.97. The predicted octanol–water partition coefficient (Wildman–Crippen LogP) is 2.02. The van der Waals surface area contributed by atoms with Crippen LogP contribution in [0.3, 0.4) is 0 Å². The van der Waals surface area contributed by atoms with E-state index in [-0.39, 0.29) is 16.8 Å². The number of carbonyl (C=O) groups excluding carboxylic acids is 1. The second kappa shape index (κ2) is 7.85. The Morgan fingerprint density at radius 1 is 1.12 bits per heavy atom. The fourth-order valence-corrected chi connectivity index (χ4v) is 4.90. The summed E-state index contributed by atoms with van der Waals surface area (Å²) in [5.41, 5.74) is 0.499. The number of hydrogen-bond donors (Lipinski definition) is 1. The van der Waals surface area contributed by atoms with Crippen LogP contribution in [0, 0.1) is 5.92 Å². The number of carbonyl (C=O) groups is 1. The topological polar surface area (TPSA) is 75.7 Å². The molecule has 2 fully saturated rings. The molecule has 0 aromatic heterocycles. The molecule has 2 aliphatic rings. The van der Waals surface area contributed by atoms with Gasteiger partial charge in [0.25, 0.3) is 5.91 Å². The van der Waals surface area contributed by atoms with Crippen molar-refractivity contribution in [3.05, 3.63) is 29.8 Å². The second-order valence-corrected chi connectivity index (χ2v) is 8.82. The maximum absolute atomic E-state index is 12.6. The van der Waals surface area contributed by atoms with Crippen molar-refractivity contribution in [2.75, 3.05) is 26.3 Å². The zero-order valence-electron chi connectivity index (χ0n) is 14.6. The van der Waals surface area contributed by atoms with Gasteiger partial charge in [-0.25, -0.2) is 8.42 Å². The largest absolute Gasteiger partial charge is 0.379 e. The normalized spacial score (nSPS) is 25.5. The Morgan fingerprint density at radius 2 is 1.76 bits per heavy atom. The minimum absolute atomic E-state index is 0.130. The van der Waals surface area contributed by atoms with Gasteiger partial charge in [-0.1, -0.05) is 19.8 Å². The first-order chi connectivity index (χ1) is 12.0. The highest BCUT2D eigenvalue weighted by atomic mass is 32.2. The lowest BCUT2D eigenvalue weighted by molar-refractivity contribution is 0.0730. The third kappa shape index (κ3) is 4.22. The smallest absolute Gasteiger partial charge is 0.251 e. The van der Waals surface area contributed by atoms with Crippen molar-refractivity contribution >= 4 is 15.9 Å². The molecule has 2 unspecified atom stereocenters. The van der Waals surface area contributed by atoms with Crippen LogP contribution in [0.2, 0.25) is 0 Å². The molecule has 7 heteroatoms. The summed E-state index contributed by atoms with van der Waals surface area (Å²) in [5.74, 6) is 0.354. The molecule has 1 heterocycles. The quantitative estimate of drug-likeness (QED) is 0.884. The molecule has 1 aliphatic heterocycles. The molecule has 1 saturated heterocycles. The van der Waals surface area contributed by atoms with Crippen molar-refractivity contribution in [1.82, 2.24) is 9.62 Å². The Balaban J connectivity index is 1.68. The lowest BCUT2D eigenvalue weighted by Gasteiger charge is -2.29. The fraction of sp³-hybridized carbons (Fsp3) is 0.611. The van der Waals surface area contributed by atoms with Crippen LogP contribution >= 0.6 is 0 Å². The summed E-state index contributed by atoms with van der Waals surface area (Å²) in [6.45, 7) is 3.73. The molecule has 0 radical (unpaired) electrons. The van der Waals surface area contributed by atoms with Crippen LogP contribution in [-0.4, -0.2) is 51.0 Å². The van der Waals surface area contributed by atoms with Crippen LogP contribution in [0.4, 0.5) is 0 Å². The summed E-state index contributed by atoms with van der Waals surface area (Å²) in [6.07, 6.45) is 4.52. The monoisotopic (exact) mass is 366 g/mol. The van der Waals surface area contributed by atoms with Gasteiger partial charge in [-0.3, -0.25) is 4.79 Å². The third-order valence-electron chi connectivity index (χ3n) is 5.15. The Morgan fingerprint density at radius 3 is 2.40 bits per heavy atom. The van der Waals surface area contributed by atoms with Crippen LogP contribution in [0.25, 0.3) is 0 Å². The molecule has 1 amide bonds. The third-order valence-corrected chi connectivity index (χ3v) is 7.07. The summed E-state index contributed by atoms with van der Waals surface area (Å²) >= 11 is 0. The number of rotatable bonds is 4. The summed E-state index contributed by atoms with van der Waals surface area (Å²) in [7, 11) is -3.52. The van der Waals surface area contributed by atoms with E-state index in [0.29, 0.717) is 37.8 Å². The minimum atomic E-state index is -3.52. The molecule has 1 aromatic rings. The molecule has 0 spiro atoms. The zero-order valence-corrected chi connectivity index (χ0v) is 15.4. The Labute approximate surface area is 149 Å². The van der Waals surface area contributed by atoms with Crippen molar-refractivity contribution in [3.8, 4) is 0 Å². The van der Waals surface area contributed by atoms with Gasteiger partial charge in [-0.2, -0.15) is 4.31 Å². The number of ether oxygens (including phenoxy) is 1. The van der Waals surface area contributed by atoms with Crippen molar-refractivity contribution in [2.45, 2.75) is 43.5 Å². The standard InChI is InChI=1S/C18H26N2O4S/c1-14-4-2-3-5-17(14)19-18(21)15-6-8-16(9-7-15)25(22,23)20-10-12-24-13-11-20/h6-9,14,17H,2-5,10-13H2,1H3,(H,19,21). The maximum atomic E-state index is 12.6. The van der Waals surface area contributed by atoms with Crippen LogP contribution in [0.5, 0.6) is 0 Å². The van der Waals surface area contributed by atoms with E-state index in [1.165, 1.54) is 22.9 Å². The fourth-order valence-electron chi connectivity index (χ4n) is 3.50. The Bertz CT molecular complexity index is 696. The summed E-state index contributed by atoms with van der Waals surface area (Å²) in [6, 6.07) is 6.43. The van der Waals surface area contributed by atoms with E-state index < -0.39 is 10.0 Å². The SMILES string of the molecule is CC1CCCCC1NC(=O)c1ccc(S(=O)(=O)N2CCOCC2)cc1. The molecule has 1 aromatic carbocycles. The highest BCUT2D eigenvalue weighted by Crippen LogP contribution is 2.24. The minimum Gasteiger partial charge on any atom is -0.379 e. The number of sulfonamides is 1. The van der Waals surface area contributed by atoms with E-state index in [2.05, 4.69) is 12.2 Å². The molecule has 1 aliphatic carbocycles. The van der Waals surface area contributed by atoms with E-state index in [1.807, 2.05) is 0 Å². The van der Waals surface area contributed by atoms with Crippen molar-refractivity contribution < 1.29 is 17.9 Å². The lowest BCUT2D eigenvalue weighted by Crippen LogP contribution is -2.41. The summed E-state index contributed by atoms with van der Waals surface area (Å²) in [5, 5.41) is 3.09. The average Bonchev–Trinajstić information content (AvgIpc) is 2.64. The lowest BCUT2D eigenvalue weighted by atomic mass is 9.86. The van der Waals surface area contributed by atoms with E-state index in [9.17, 15) is 13.2 Å². The highest BCUT2D eigenvalue weighted by molar-refractivity contribution is 7.89. The number of nitrogens with zero attached hydrogens (tertiary/aromatic N) is 1. The molecule has 0 bridgehead atoms. The molecular formula is C18H26N2O4S. The van der Waals surface area contributed by atoms with Gasteiger partial charge in [0.05, 0.1) is 18.1 Å². The average molecular weight is 366 g/mol. The molecule has 2 atom stereocenters. The molecule has 1 saturated carbocycles. The molecule has 138 valence electrons. The van der Waals surface area contributed by atoms with Crippen LogP contribution in [0.1, 0.15) is 43.0 Å². The maximum Gasteiger partial charge on any atom is 0.251 e. The van der Waals surface area contributed by atoms with Crippen molar-refractivity contribution in [2.24, 2.45) is 5.92 Å². The molecular weight excluding hydrogens is 340 g/mol. The molecule has 6 nitrogen and oxygen atoms in total. The van der Waals surface area contributed by atoms with Gasteiger partial charge in [0.15, 0.2) is 0 Å². The number of hydrogen-bond acceptors (Lipinski definition) is 4. The van der Waals surface area contributed by atoms with Gasteiger partial charge in [0.1, 0.15) is 0 Å². The number of nitrogens with one attached hydrogen (secondary N) is 1. The van der Waals surface area contributed by atoms with Gasteiger partial charge in [0, 0.05) is 24.7 Å². The highest BCUT2D eigenvalue weighted by Gasteiger charge is 2.27. The number of amides is 1. The molecule has 3 rings (SSSR count). The van der Waals surface area contributed by atoms with Crippen LogP contribution in [0.15, 0.2) is 29.2 Å². The van der Waals surface area contributed by atoms with E-state index in [1.54, 1.807) is 12.1 Å². The second-order valence-electron chi connectivity index (χ2n) is 6.88. The molecule has 25 heavy (non-hydrogen) atoms. The molecule has 1 N–H and O–H groups in total. The van der Waals surface area contributed by atoms with E-state index in [4.69, 9.17) is 4.74 Å². The Kier molecular flexibility index (Phi) is 5.76. The number of morpholine rings is 1. The van der Waals surface area contributed by atoms with Crippen molar-refractivity contribution in [3.63, 3.8) is 0 Å². The van der Waals surface area contributed by atoms with Gasteiger partial charge in [-0.15, -0.1) is 0 Å². The van der Waals surface area contributed by atoms with Crippen LogP contribution < -0.4 is 5.32 Å². The first kappa shape index (κ1) is 18.4. The van der Waals surface area contributed by atoms with Crippen molar-refractivity contribution in [1.29, 1.82) is 0 Å². The van der Waals surface area contributed by atoms with Gasteiger partial charge in [-0.05, 0) is 43.0 Å². The van der Waals surface area contributed by atoms with E-state index >= 15 is 0 Å². The zero-order chi connectivity index (χ0) is 17.9. The summed E-state index contributed by atoms with van der Waals surface area (Å²) in [4.78, 5) is 12.7. The van der Waals surface area contributed by atoms with Gasteiger partial charge < -0.3 is 10.1 Å². The van der Waals surface area contributed by atoms with Crippen LogP contribution in [-0.2, 0) is 14.8 Å².